The molecule has 8 nitrogen and oxygen atoms in total. The summed E-state index contributed by atoms with van der Waals surface area (Å²) in [5.41, 5.74) is 0.729. The fraction of sp³-hybridized carbons (Fsp3) is 0.579. The van der Waals surface area contributed by atoms with Crippen molar-refractivity contribution in [3.8, 4) is 11.5 Å². The number of ether oxygens (including phenoxy) is 2. The molecule has 0 radical (unpaired) electrons. The third-order valence-electron chi connectivity index (χ3n) is 4.44. The topological polar surface area (TPSA) is 71.5 Å². The largest absolute Gasteiger partial charge is 0.414 e. The first-order valence-corrected chi connectivity index (χ1v) is 9.24. The molecule has 1 aromatic rings. The first-order valence-electron chi connectivity index (χ1n) is 9.24. The van der Waals surface area contributed by atoms with Crippen LogP contribution in [0.1, 0.15) is 32.4 Å². The molecular formula is C19H30BN3O5. The summed E-state index contributed by atoms with van der Waals surface area (Å²) in [6.07, 6.45) is -1.26. The summed E-state index contributed by atoms with van der Waals surface area (Å²) in [6, 6.07) is 5.02. The maximum atomic E-state index is 12.0. The van der Waals surface area contributed by atoms with E-state index in [4.69, 9.17) is 14.1 Å². The van der Waals surface area contributed by atoms with E-state index in [2.05, 4.69) is 25.6 Å². The fourth-order valence-electron chi connectivity index (χ4n) is 2.97. The van der Waals surface area contributed by atoms with Crippen molar-refractivity contribution in [1.82, 2.24) is 14.6 Å². The van der Waals surface area contributed by atoms with Crippen molar-refractivity contribution in [2.24, 2.45) is 0 Å². The zero-order valence-corrected chi connectivity index (χ0v) is 18.0. The fourth-order valence-corrected chi connectivity index (χ4v) is 2.97. The third-order valence-corrected chi connectivity index (χ3v) is 4.44. The number of carbonyl (C=O) groups is 2. The molecule has 1 heterocycles. The maximum Gasteiger partial charge on any atom is 0.414 e. The standard InChI is InChI=1S/C19H30BN3O5/c1-19(2,3)23-12-16(28-20(23)4)13-9-14(26-17(24)21(5)6)11-15(10-13)27-18(25)22(7)8/h9-11,16H,12H2,1-8H3. The quantitative estimate of drug-likeness (QED) is 0.738. The third kappa shape index (κ3) is 5.39. The minimum Gasteiger partial charge on any atom is -0.413 e. The highest BCUT2D eigenvalue weighted by atomic mass is 16.6. The SMILES string of the molecule is CB1OC(c2cc(OC(=O)N(C)C)cc(OC(=O)N(C)C)c2)CN1C(C)(C)C. The van der Waals surface area contributed by atoms with E-state index >= 15 is 0 Å². The van der Waals surface area contributed by atoms with Gasteiger partial charge in [-0.2, -0.15) is 0 Å². The molecule has 1 aromatic carbocycles. The predicted octanol–water partition coefficient (Wildman–Crippen LogP) is 3.10. The second kappa shape index (κ2) is 8.40. The van der Waals surface area contributed by atoms with Gasteiger partial charge >= 0.3 is 19.2 Å². The van der Waals surface area contributed by atoms with Gasteiger partial charge in [0.2, 0.25) is 0 Å². The highest BCUT2D eigenvalue weighted by Crippen LogP contribution is 2.35. The Morgan fingerprint density at radius 1 is 1.04 bits per heavy atom. The molecule has 2 rings (SSSR count). The van der Waals surface area contributed by atoms with E-state index in [9.17, 15) is 9.59 Å². The van der Waals surface area contributed by atoms with Gasteiger partial charge in [-0.1, -0.05) is 0 Å². The molecule has 1 saturated heterocycles. The Balaban J connectivity index is 2.34. The zero-order chi connectivity index (χ0) is 21.2. The van der Waals surface area contributed by atoms with Crippen LogP contribution in [0.4, 0.5) is 9.59 Å². The van der Waals surface area contributed by atoms with Crippen LogP contribution in [0, 0.1) is 0 Å². The molecule has 1 aliphatic rings. The van der Waals surface area contributed by atoms with Crippen molar-refractivity contribution < 1.29 is 23.7 Å². The average molecular weight is 391 g/mol. The van der Waals surface area contributed by atoms with E-state index in [0.29, 0.717) is 18.0 Å². The van der Waals surface area contributed by atoms with E-state index in [1.807, 2.05) is 6.82 Å². The van der Waals surface area contributed by atoms with Gasteiger partial charge in [0.1, 0.15) is 11.5 Å². The molecule has 1 aliphatic heterocycles. The molecule has 2 amide bonds. The summed E-state index contributed by atoms with van der Waals surface area (Å²) >= 11 is 0. The van der Waals surface area contributed by atoms with Crippen LogP contribution in [0.25, 0.3) is 0 Å². The number of rotatable bonds is 3. The Labute approximate surface area is 167 Å². The lowest BCUT2D eigenvalue weighted by Crippen LogP contribution is -2.46. The molecule has 0 aliphatic carbocycles. The second-order valence-electron chi connectivity index (χ2n) is 8.31. The molecule has 1 atom stereocenters. The summed E-state index contributed by atoms with van der Waals surface area (Å²) in [6.45, 7) is 9.09. The summed E-state index contributed by atoms with van der Waals surface area (Å²) in [5, 5.41) is 0. The normalized spacial score (nSPS) is 17.4. The van der Waals surface area contributed by atoms with Crippen LogP contribution in [0.2, 0.25) is 6.82 Å². The number of benzene rings is 1. The minimum absolute atomic E-state index is 0.0522. The number of nitrogens with zero attached hydrogens (tertiary/aromatic N) is 3. The number of hydrogen-bond donors (Lipinski definition) is 0. The van der Waals surface area contributed by atoms with E-state index in [1.54, 1.807) is 40.3 Å². The Bertz CT molecular complexity index is 693. The first-order chi connectivity index (χ1) is 12.9. The van der Waals surface area contributed by atoms with Crippen molar-refractivity contribution in [2.75, 3.05) is 34.7 Å². The van der Waals surface area contributed by atoms with Gasteiger partial charge in [-0.05, 0) is 45.3 Å². The van der Waals surface area contributed by atoms with Gasteiger partial charge in [-0.15, -0.1) is 0 Å². The molecule has 154 valence electrons. The molecule has 1 fully saturated rings. The Kier molecular flexibility index (Phi) is 6.61. The van der Waals surface area contributed by atoms with Gasteiger partial charge in [0.25, 0.3) is 0 Å². The van der Waals surface area contributed by atoms with Gasteiger partial charge in [0.05, 0.1) is 6.10 Å². The van der Waals surface area contributed by atoms with Crippen LogP contribution in [-0.2, 0) is 4.65 Å². The predicted molar refractivity (Wildman–Crippen MR) is 108 cm³/mol. The zero-order valence-electron chi connectivity index (χ0n) is 18.0. The van der Waals surface area contributed by atoms with Gasteiger partial charge < -0.3 is 28.7 Å². The molecule has 0 N–H and O–H groups in total. The van der Waals surface area contributed by atoms with Crippen LogP contribution in [0.5, 0.6) is 11.5 Å². The highest BCUT2D eigenvalue weighted by molar-refractivity contribution is 6.47. The molecule has 0 bridgehead atoms. The Hall–Kier alpha value is -2.26. The van der Waals surface area contributed by atoms with Crippen molar-refractivity contribution in [3.05, 3.63) is 23.8 Å². The first kappa shape index (κ1) is 22.0. The monoisotopic (exact) mass is 391 g/mol. The van der Waals surface area contributed by atoms with Crippen LogP contribution in [0.15, 0.2) is 18.2 Å². The van der Waals surface area contributed by atoms with E-state index in [1.165, 1.54) is 15.9 Å². The molecule has 9 heteroatoms. The Morgan fingerprint density at radius 2 is 1.50 bits per heavy atom. The van der Waals surface area contributed by atoms with Gasteiger partial charge in [0.15, 0.2) is 0 Å². The summed E-state index contributed by atoms with van der Waals surface area (Å²) in [7, 11) is 6.33. The van der Waals surface area contributed by atoms with E-state index < -0.39 is 12.2 Å². The molecular weight excluding hydrogens is 361 g/mol. The lowest BCUT2D eigenvalue weighted by molar-refractivity contribution is 0.169. The highest BCUT2D eigenvalue weighted by Gasteiger charge is 2.40. The van der Waals surface area contributed by atoms with Gasteiger partial charge in [-0.25, -0.2) is 9.59 Å². The molecule has 0 aromatic heterocycles. The van der Waals surface area contributed by atoms with Crippen molar-refractivity contribution in [2.45, 2.75) is 39.2 Å². The second-order valence-corrected chi connectivity index (χ2v) is 8.31. The van der Waals surface area contributed by atoms with E-state index in [0.717, 1.165) is 5.56 Å². The van der Waals surface area contributed by atoms with Crippen molar-refractivity contribution >= 4 is 19.2 Å². The van der Waals surface area contributed by atoms with E-state index in [-0.39, 0.29) is 18.7 Å². The number of carbonyl (C=O) groups excluding carboxylic acids is 2. The maximum absolute atomic E-state index is 12.0. The van der Waals surface area contributed by atoms with Crippen LogP contribution < -0.4 is 9.47 Å². The summed E-state index contributed by atoms with van der Waals surface area (Å²) in [5.74, 6) is 0.589. The Morgan fingerprint density at radius 3 is 1.86 bits per heavy atom. The molecule has 28 heavy (non-hydrogen) atoms. The smallest absolute Gasteiger partial charge is 0.413 e. The lowest BCUT2D eigenvalue weighted by atomic mass is 9.81. The van der Waals surface area contributed by atoms with Gasteiger partial charge in [0, 0.05) is 46.3 Å². The van der Waals surface area contributed by atoms with Gasteiger partial charge in [-0.3, -0.25) is 0 Å². The summed E-state index contributed by atoms with van der Waals surface area (Å²) in [4.78, 5) is 28.8. The van der Waals surface area contributed by atoms with Crippen LogP contribution >= 0.6 is 0 Å². The van der Waals surface area contributed by atoms with Crippen LogP contribution in [0.3, 0.4) is 0 Å². The average Bonchev–Trinajstić information content (AvgIpc) is 2.96. The molecule has 1 unspecified atom stereocenters. The van der Waals surface area contributed by atoms with Crippen molar-refractivity contribution in [1.29, 1.82) is 0 Å². The summed E-state index contributed by atoms with van der Waals surface area (Å²) < 4.78 is 16.9. The molecule has 0 saturated carbocycles. The lowest BCUT2D eigenvalue weighted by Gasteiger charge is -2.32. The van der Waals surface area contributed by atoms with Crippen LogP contribution in [-0.4, -0.2) is 74.1 Å². The molecule has 0 spiro atoms. The number of amides is 2. The van der Waals surface area contributed by atoms with Crippen molar-refractivity contribution in [3.63, 3.8) is 0 Å². The minimum atomic E-state index is -0.515. The number of hydrogen-bond acceptors (Lipinski definition) is 6.